The Morgan fingerprint density at radius 2 is 2.04 bits per heavy atom. The van der Waals surface area contributed by atoms with Crippen molar-refractivity contribution >= 4 is 23.7 Å². The lowest BCUT2D eigenvalue weighted by Crippen LogP contribution is -2.04. The summed E-state index contributed by atoms with van der Waals surface area (Å²) in [5, 5.41) is 14.7. The van der Waals surface area contributed by atoms with Gasteiger partial charge in [0.15, 0.2) is 0 Å². The summed E-state index contributed by atoms with van der Waals surface area (Å²) < 4.78 is 38.2. The highest BCUT2D eigenvalue weighted by Crippen LogP contribution is 2.34. The van der Waals surface area contributed by atoms with Gasteiger partial charge in [0.1, 0.15) is 7.11 Å². The van der Waals surface area contributed by atoms with E-state index in [-0.39, 0.29) is 11.4 Å². The van der Waals surface area contributed by atoms with Crippen LogP contribution in [0.5, 0.6) is 0 Å². The number of hydrogen-bond acceptors (Lipinski definition) is 5. The number of nitrogens with zero attached hydrogens (tertiary/aromatic N) is 2. The predicted octanol–water partition coefficient (Wildman–Crippen LogP) is 4.89. The van der Waals surface area contributed by atoms with Gasteiger partial charge in [0.2, 0.25) is 0 Å². The zero-order valence-electron chi connectivity index (χ0n) is 13.0. The van der Waals surface area contributed by atoms with Gasteiger partial charge >= 0.3 is 6.18 Å². The monoisotopic (exact) mass is 370 g/mol. The molecule has 0 saturated heterocycles. The summed E-state index contributed by atoms with van der Waals surface area (Å²) in [5.41, 5.74) is 0.0272. The van der Waals surface area contributed by atoms with Crippen LogP contribution < -0.4 is 0 Å². The standard InChI is InChI=1S/C16H13F3N2O3S/c1-24-20-9-11-5-6-15(14(8-11)21(22)23)25-10-12-3-2-4-13(7-12)16(17,18)19/h2-9H,10H2,1H3/b20-9-. The molecule has 2 aromatic carbocycles. The number of benzene rings is 2. The molecule has 0 aliphatic heterocycles. The van der Waals surface area contributed by atoms with Crippen LogP contribution in [0.2, 0.25) is 0 Å². The topological polar surface area (TPSA) is 64.7 Å². The van der Waals surface area contributed by atoms with Crippen molar-refractivity contribution in [1.29, 1.82) is 0 Å². The summed E-state index contributed by atoms with van der Waals surface area (Å²) in [6, 6.07) is 9.37. The Morgan fingerprint density at radius 1 is 1.28 bits per heavy atom. The van der Waals surface area contributed by atoms with Gasteiger partial charge in [-0.05, 0) is 17.7 Å². The van der Waals surface area contributed by atoms with E-state index in [0.29, 0.717) is 16.0 Å². The van der Waals surface area contributed by atoms with E-state index in [9.17, 15) is 23.3 Å². The Morgan fingerprint density at radius 3 is 2.68 bits per heavy atom. The molecule has 0 aliphatic rings. The highest BCUT2D eigenvalue weighted by Gasteiger charge is 2.30. The average molecular weight is 370 g/mol. The molecule has 0 atom stereocenters. The second-order valence-corrected chi connectivity index (χ2v) is 5.91. The molecule has 0 aliphatic carbocycles. The molecule has 5 nitrogen and oxygen atoms in total. The molecule has 132 valence electrons. The second-order valence-electron chi connectivity index (χ2n) is 4.89. The van der Waals surface area contributed by atoms with E-state index in [1.807, 2.05) is 0 Å². The van der Waals surface area contributed by atoms with Crippen molar-refractivity contribution in [2.75, 3.05) is 7.11 Å². The number of alkyl halides is 3. The number of nitro groups is 1. The van der Waals surface area contributed by atoms with Crippen molar-refractivity contribution in [3.8, 4) is 0 Å². The van der Waals surface area contributed by atoms with Crippen molar-refractivity contribution < 1.29 is 22.9 Å². The summed E-state index contributed by atoms with van der Waals surface area (Å²) in [7, 11) is 1.35. The molecule has 0 fully saturated rings. The zero-order valence-corrected chi connectivity index (χ0v) is 13.8. The number of rotatable bonds is 6. The first-order valence-corrected chi connectivity index (χ1v) is 7.93. The van der Waals surface area contributed by atoms with Crippen LogP contribution in [0.1, 0.15) is 16.7 Å². The highest BCUT2D eigenvalue weighted by molar-refractivity contribution is 7.98. The molecule has 0 heterocycles. The molecule has 0 unspecified atom stereocenters. The SMILES string of the molecule is CO/N=C\c1ccc(SCc2cccc(C(F)(F)F)c2)c([N+](=O)[O-])c1. The van der Waals surface area contributed by atoms with Gasteiger partial charge in [-0.1, -0.05) is 29.4 Å². The minimum absolute atomic E-state index is 0.142. The molecule has 0 spiro atoms. The third-order valence-electron chi connectivity index (χ3n) is 3.14. The van der Waals surface area contributed by atoms with Crippen LogP contribution in [0, 0.1) is 10.1 Å². The lowest BCUT2D eigenvalue weighted by atomic mass is 10.1. The smallest absolute Gasteiger partial charge is 0.399 e. The van der Waals surface area contributed by atoms with Crippen molar-refractivity contribution in [2.24, 2.45) is 5.16 Å². The molecule has 2 rings (SSSR count). The molecule has 0 N–H and O–H groups in total. The maximum absolute atomic E-state index is 12.7. The number of oxime groups is 1. The molecule has 0 bridgehead atoms. The second kappa shape index (κ2) is 8.02. The van der Waals surface area contributed by atoms with Crippen molar-refractivity contribution in [2.45, 2.75) is 16.8 Å². The number of hydrogen-bond donors (Lipinski definition) is 0. The summed E-state index contributed by atoms with van der Waals surface area (Å²) in [6.07, 6.45) is -3.09. The van der Waals surface area contributed by atoms with Gasteiger partial charge in [-0.3, -0.25) is 10.1 Å². The molecule has 2 aromatic rings. The third-order valence-corrected chi connectivity index (χ3v) is 4.27. The summed E-state index contributed by atoms with van der Waals surface area (Å²) in [5.74, 6) is 0.177. The van der Waals surface area contributed by atoms with Crippen LogP contribution in [0.15, 0.2) is 52.5 Å². The summed E-state index contributed by atoms with van der Waals surface area (Å²) >= 11 is 1.10. The van der Waals surface area contributed by atoms with Crippen LogP contribution in [-0.4, -0.2) is 18.2 Å². The van der Waals surface area contributed by atoms with Gasteiger partial charge in [-0.25, -0.2) is 0 Å². The zero-order chi connectivity index (χ0) is 18.4. The molecule has 0 amide bonds. The van der Waals surface area contributed by atoms with E-state index in [1.165, 1.54) is 31.5 Å². The first-order chi connectivity index (χ1) is 11.8. The number of thioether (sulfide) groups is 1. The van der Waals surface area contributed by atoms with E-state index < -0.39 is 16.7 Å². The van der Waals surface area contributed by atoms with Gasteiger partial charge in [0.25, 0.3) is 5.69 Å². The minimum atomic E-state index is -4.42. The fourth-order valence-corrected chi connectivity index (χ4v) is 2.94. The Labute approximate surface area is 145 Å². The van der Waals surface area contributed by atoms with E-state index in [2.05, 4.69) is 9.99 Å². The largest absolute Gasteiger partial charge is 0.416 e. The molecule has 0 aromatic heterocycles. The van der Waals surface area contributed by atoms with Crippen LogP contribution in [0.3, 0.4) is 0 Å². The van der Waals surface area contributed by atoms with Gasteiger partial charge in [0, 0.05) is 17.4 Å². The number of halogens is 3. The van der Waals surface area contributed by atoms with Crippen LogP contribution in [0.25, 0.3) is 0 Å². The quantitative estimate of drug-likeness (QED) is 0.314. The van der Waals surface area contributed by atoms with Gasteiger partial charge in [0.05, 0.1) is 21.6 Å². The minimum Gasteiger partial charge on any atom is -0.399 e. The first-order valence-electron chi connectivity index (χ1n) is 6.95. The van der Waals surface area contributed by atoms with Gasteiger partial charge in [-0.2, -0.15) is 13.2 Å². The Balaban J connectivity index is 2.20. The first kappa shape index (κ1) is 18.8. The maximum atomic E-state index is 12.7. The van der Waals surface area contributed by atoms with Crippen molar-refractivity contribution in [1.82, 2.24) is 0 Å². The Kier molecular flexibility index (Phi) is 6.02. The fourth-order valence-electron chi connectivity index (χ4n) is 1.99. The predicted molar refractivity (Wildman–Crippen MR) is 88.7 cm³/mol. The van der Waals surface area contributed by atoms with Gasteiger partial charge in [-0.15, -0.1) is 11.8 Å². The maximum Gasteiger partial charge on any atom is 0.416 e. The van der Waals surface area contributed by atoms with Crippen molar-refractivity contribution in [3.05, 3.63) is 69.3 Å². The molecule has 0 saturated carbocycles. The Hall–Kier alpha value is -2.55. The van der Waals surface area contributed by atoms with E-state index in [1.54, 1.807) is 12.1 Å². The Bertz CT molecular complexity index is 794. The van der Waals surface area contributed by atoms with Crippen molar-refractivity contribution in [3.63, 3.8) is 0 Å². The highest BCUT2D eigenvalue weighted by atomic mass is 32.2. The van der Waals surface area contributed by atoms with E-state index in [4.69, 9.17) is 0 Å². The third kappa shape index (κ3) is 5.21. The van der Waals surface area contributed by atoms with Gasteiger partial charge < -0.3 is 4.84 Å². The molecule has 0 radical (unpaired) electrons. The van der Waals surface area contributed by atoms with E-state index >= 15 is 0 Å². The normalized spacial score (nSPS) is 11.7. The fraction of sp³-hybridized carbons (Fsp3) is 0.188. The summed E-state index contributed by atoms with van der Waals surface area (Å²) in [6.45, 7) is 0. The molecular formula is C16H13F3N2O3S. The van der Waals surface area contributed by atoms with Crippen LogP contribution in [-0.2, 0) is 16.8 Å². The number of nitro benzene ring substituents is 1. The summed E-state index contributed by atoms with van der Waals surface area (Å²) in [4.78, 5) is 15.6. The molecular weight excluding hydrogens is 357 g/mol. The van der Waals surface area contributed by atoms with Crippen LogP contribution >= 0.6 is 11.8 Å². The average Bonchev–Trinajstić information content (AvgIpc) is 2.58. The molecule has 9 heteroatoms. The molecule has 25 heavy (non-hydrogen) atoms. The lowest BCUT2D eigenvalue weighted by molar-refractivity contribution is -0.387. The van der Waals surface area contributed by atoms with Crippen LogP contribution in [0.4, 0.5) is 18.9 Å². The lowest BCUT2D eigenvalue weighted by Gasteiger charge is -2.09. The van der Waals surface area contributed by atoms with E-state index in [0.717, 1.165) is 23.9 Å².